The minimum Gasteiger partial charge on any atom is -0.858 e. The van der Waals surface area contributed by atoms with Crippen molar-refractivity contribution < 1.29 is 14.4 Å². The van der Waals surface area contributed by atoms with Gasteiger partial charge in [0.05, 0.1) is 7.11 Å². The van der Waals surface area contributed by atoms with Gasteiger partial charge in [0.25, 0.3) is 0 Å². The highest BCUT2D eigenvalue weighted by Gasteiger charge is 1.96. The maximum Gasteiger partial charge on any atom is 0.240 e. The first kappa shape index (κ1) is 15.0. The fourth-order valence-corrected chi connectivity index (χ4v) is 1.50. The van der Waals surface area contributed by atoms with Crippen molar-refractivity contribution in [1.82, 2.24) is 0 Å². The summed E-state index contributed by atoms with van der Waals surface area (Å²) < 4.78 is 6.87. The fraction of sp³-hybridized carbons (Fsp3) is 0.143. The van der Waals surface area contributed by atoms with Crippen LogP contribution in [-0.4, -0.2) is 13.0 Å². The van der Waals surface area contributed by atoms with Gasteiger partial charge in [-0.2, -0.15) is 4.57 Å². The Labute approximate surface area is 118 Å². The Morgan fingerprint density at radius 3 is 2.37 bits per heavy atom. The van der Waals surface area contributed by atoms with Crippen LogP contribution in [0.5, 0.6) is 5.75 Å². The lowest BCUT2D eigenvalue weighted by Crippen LogP contribution is -2.33. The first-order chi connectivity index (χ1) is 8.79. The number of hydrogen-bond donors (Lipinski definition) is 0. The molecule has 0 aliphatic carbocycles. The lowest BCUT2D eigenvalue weighted by atomic mass is 10.2. The van der Waals surface area contributed by atoms with E-state index >= 15 is 0 Å². The molecule has 0 bridgehead atoms. The topological polar surface area (TPSA) is 48.5 Å². The molecule has 0 radical (unpaired) electrons. The Balaban J connectivity index is 0.00000180. The zero-order chi connectivity index (χ0) is 12.8. The van der Waals surface area contributed by atoms with E-state index in [-0.39, 0.29) is 18.3 Å². The summed E-state index contributed by atoms with van der Waals surface area (Å²) in [5, 5.41) is 11.8. The third-order valence-corrected chi connectivity index (χ3v) is 2.49. The molecule has 19 heavy (non-hydrogen) atoms. The second-order valence-corrected chi connectivity index (χ2v) is 3.72. The average Bonchev–Trinajstić information content (AvgIpc) is 2.46. The van der Waals surface area contributed by atoms with Crippen LogP contribution in [0.1, 0.15) is 5.56 Å². The van der Waals surface area contributed by atoms with Crippen LogP contribution in [0.2, 0.25) is 0 Å². The van der Waals surface area contributed by atoms with E-state index in [0.717, 1.165) is 5.75 Å². The van der Waals surface area contributed by atoms with Gasteiger partial charge in [-0.25, -0.2) is 4.99 Å². The summed E-state index contributed by atoms with van der Waals surface area (Å²) >= 11 is 0. The monoisotopic (exact) mass is 278 g/mol. The molecule has 4 nitrogen and oxygen atoms in total. The predicted octanol–water partition coefficient (Wildman–Crippen LogP) is 1.17. The molecule has 0 fully saturated rings. The minimum atomic E-state index is -0.228. The maximum atomic E-state index is 11.8. The molecule has 1 aromatic heterocycles. The van der Waals surface area contributed by atoms with Gasteiger partial charge in [-0.1, -0.05) is 18.2 Å². The van der Waals surface area contributed by atoms with Crippen molar-refractivity contribution in [1.29, 1.82) is 0 Å². The molecule has 1 heterocycles. The molecular weight excluding hydrogens is 264 g/mol. The summed E-state index contributed by atoms with van der Waals surface area (Å²) in [5.74, 6) is 0.498. The van der Waals surface area contributed by atoms with E-state index in [9.17, 15) is 5.11 Å². The molecule has 2 aromatic rings. The van der Waals surface area contributed by atoms with E-state index in [1.54, 1.807) is 31.4 Å². The van der Waals surface area contributed by atoms with Gasteiger partial charge in [0, 0.05) is 12.1 Å². The number of nitrogens with zero attached hydrogens (tertiary/aromatic N) is 2. The Bertz CT molecular complexity index is 527. The van der Waals surface area contributed by atoms with E-state index in [1.165, 1.54) is 0 Å². The molecule has 1 aromatic carbocycles. The molecule has 5 heteroatoms. The molecule has 0 atom stereocenters. The lowest BCUT2D eigenvalue weighted by Gasteiger charge is -2.10. The predicted molar refractivity (Wildman–Crippen MR) is 73.4 cm³/mol. The molecule has 0 saturated heterocycles. The quantitative estimate of drug-likeness (QED) is 0.479. The fourth-order valence-electron chi connectivity index (χ4n) is 1.50. The lowest BCUT2D eigenvalue weighted by molar-refractivity contribution is -0.695. The van der Waals surface area contributed by atoms with Gasteiger partial charge < -0.3 is 9.84 Å². The standard InChI is InChI=1S/C14H14N2O2.ClH/c1-18-13-7-5-12(6-8-13)14(17)15-11-16-9-3-2-4-10-16;/h2-10H,11H2,1H3;1H. The zero-order valence-electron chi connectivity index (χ0n) is 10.5. The van der Waals surface area contributed by atoms with Gasteiger partial charge in [0.2, 0.25) is 6.67 Å². The van der Waals surface area contributed by atoms with Gasteiger partial charge in [0.15, 0.2) is 12.4 Å². The maximum absolute atomic E-state index is 11.8. The van der Waals surface area contributed by atoms with Gasteiger partial charge >= 0.3 is 0 Å². The van der Waals surface area contributed by atoms with Crippen molar-refractivity contribution >= 4 is 18.3 Å². The van der Waals surface area contributed by atoms with E-state index in [2.05, 4.69) is 4.99 Å². The number of rotatable bonds is 4. The molecule has 0 unspecified atom stereocenters. The van der Waals surface area contributed by atoms with Crippen LogP contribution in [0.15, 0.2) is 59.9 Å². The SMILES string of the molecule is COc1ccc(C([O-])=NC[n+]2ccccc2)cc1.Cl. The summed E-state index contributed by atoms with van der Waals surface area (Å²) in [6.07, 6.45) is 3.73. The number of benzene rings is 1. The number of pyridine rings is 1. The third-order valence-electron chi connectivity index (χ3n) is 2.49. The number of halogens is 1. The van der Waals surface area contributed by atoms with Gasteiger partial charge in [-0.3, -0.25) is 0 Å². The Kier molecular flexibility index (Phi) is 5.82. The van der Waals surface area contributed by atoms with Crippen molar-refractivity contribution in [3.8, 4) is 5.75 Å². The minimum absolute atomic E-state index is 0. The zero-order valence-corrected chi connectivity index (χ0v) is 11.3. The van der Waals surface area contributed by atoms with Gasteiger partial charge in [0.1, 0.15) is 5.75 Å². The van der Waals surface area contributed by atoms with Gasteiger partial charge in [-0.15, -0.1) is 12.4 Å². The largest absolute Gasteiger partial charge is 0.858 e. The van der Waals surface area contributed by atoms with Crippen molar-refractivity contribution in [2.45, 2.75) is 6.67 Å². The van der Waals surface area contributed by atoms with Crippen LogP contribution in [0.25, 0.3) is 0 Å². The van der Waals surface area contributed by atoms with Crippen molar-refractivity contribution in [2.24, 2.45) is 4.99 Å². The number of ether oxygens (including phenoxy) is 1. The second kappa shape index (κ2) is 7.38. The number of aliphatic imine (C=N–C) groups is 1. The molecule has 0 aliphatic rings. The van der Waals surface area contributed by atoms with E-state index in [1.807, 2.05) is 35.2 Å². The van der Waals surface area contributed by atoms with Crippen LogP contribution in [0.3, 0.4) is 0 Å². The average molecular weight is 279 g/mol. The molecule has 0 aliphatic heterocycles. The Morgan fingerprint density at radius 2 is 1.79 bits per heavy atom. The highest BCUT2D eigenvalue weighted by molar-refractivity contribution is 5.90. The van der Waals surface area contributed by atoms with E-state index < -0.39 is 0 Å². The number of methoxy groups -OCH3 is 1. The van der Waals surface area contributed by atoms with E-state index in [0.29, 0.717) is 12.2 Å². The van der Waals surface area contributed by atoms with Crippen LogP contribution >= 0.6 is 12.4 Å². The molecule has 0 saturated carbocycles. The highest BCUT2D eigenvalue weighted by Crippen LogP contribution is 2.10. The first-order valence-electron chi connectivity index (χ1n) is 5.59. The molecule has 0 N–H and O–H groups in total. The first-order valence-corrected chi connectivity index (χ1v) is 5.59. The van der Waals surface area contributed by atoms with Crippen molar-refractivity contribution in [2.75, 3.05) is 7.11 Å². The number of aromatic nitrogens is 1. The summed E-state index contributed by atoms with van der Waals surface area (Å²) in [5.41, 5.74) is 0.562. The van der Waals surface area contributed by atoms with Crippen LogP contribution < -0.4 is 14.4 Å². The van der Waals surface area contributed by atoms with Crippen LogP contribution in [-0.2, 0) is 6.67 Å². The Hall–Kier alpha value is -2.07. The van der Waals surface area contributed by atoms with Crippen molar-refractivity contribution in [3.63, 3.8) is 0 Å². The summed E-state index contributed by atoms with van der Waals surface area (Å²) in [4.78, 5) is 4.00. The normalized spacial score (nSPS) is 10.7. The molecule has 100 valence electrons. The molecule has 0 amide bonds. The van der Waals surface area contributed by atoms with Crippen molar-refractivity contribution in [3.05, 3.63) is 60.4 Å². The molecular formula is C14H15ClN2O2. The third kappa shape index (κ3) is 4.26. The number of hydrogen-bond acceptors (Lipinski definition) is 3. The summed E-state index contributed by atoms with van der Waals surface area (Å²) in [6.45, 7) is 0.325. The summed E-state index contributed by atoms with van der Waals surface area (Å²) in [7, 11) is 1.59. The smallest absolute Gasteiger partial charge is 0.240 e. The summed E-state index contributed by atoms with van der Waals surface area (Å²) in [6, 6.07) is 12.6. The van der Waals surface area contributed by atoms with Crippen LogP contribution in [0.4, 0.5) is 0 Å². The second-order valence-electron chi connectivity index (χ2n) is 3.72. The Morgan fingerprint density at radius 1 is 1.16 bits per heavy atom. The van der Waals surface area contributed by atoms with Gasteiger partial charge in [-0.05, 0) is 23.6 Å². The molecule has 0 spiro atoms. The van der Waals surface area contributed by atoms with Crippen LogP contribution in [0, 0.1) is 0 Å². The highest BCUT2D eigenvalue weighted by atomic mass is 35.5. The molecule has 2 rings (SSSR count). The van der Waals surface area contributed by atoms with E-state index in [4.69, 9.17) is 4.74 Å².